The van der Waals surface area contributed by atoms with E-state index in [9.17, 15) is 4.79 Å². The zero-order chi connectivity index (χ0) is 20.9. The normalized spacial score (nSPS) is 15.3. The Labute approximate surface area is 178 Å². The van der Waals surface area contributed by atoms with Gasteiger partial charge in [-0.05, 0) is 36.3 Å². The maximum absolute atomic E-state index is 13.3. The van der Waals surface area contributed by atoms with E-state index in [1.807, 2.05) is 40.8 Å². The number of fused-ring (bicyclic) bond motifs is 3. The number of hydrogen-bond donors (Lipinski definition) is 1. The van der Waals surface area contributed by atoms with Crippen molar-refractivity contribution in [2.75, 3.05) is 18.4 Å². The molecule has 0 spiro atoms. The molecule has 0 aliphatic carbocycles. The minimum absolute atomic E-state index is 0.0165. The topological polar surface area (TPSA) is 80.4 Å². The van der Waals surface area contributed by atoms with E-state index < -0.39 is 0 Å². The number of aromatic nitrogens is 5. The highest BCUT2D eigenvalue weighted by molar-refractivity contribution is 5.97. The molecule has 4 aromatic heterocycles. The van der Waals surface area contributed by atoms with Gasteiger partial charge in [0.05, 0.1) is 17.8 Å². The smallest absolute Gasteiger partial charge is 0.255 e. The summed E-state index contributed by atoms with van der Waals surface area (Å²) in [5.41, 5.74) is 5.54. The van der Waals surface area contributed by atoms with Crippen LogP contribution in [0.15, 0.2) is 55.3 Å². The van der Waals surface area contributed by atoms with E-state index in [0.717, 1.165) is 46.2 Å². The van der Waals surface area contributed by atoms with Gasteiger partial charge in [0.25, 0.3) is 5.91 Å². The highest BCUT2D eigenvalue weighted by Crippen LogP contribution is 2.32. The van der Waals surface area contributed by atoms with Crippen LogP contribution in [0.1, 0.15) is 33.0 Å². The Balaban J connectivity index is 1.34. The maximum Gasteiger partial charge on any atom is 0.255 e. The summed E-state index contributed by atoms with van der Waals surface area (Å²) < 4.78 is 4.12. The molecule has 6 rings (SSSR count). The Morgan fingerprint density at radius 3 is 3.03 bits per heavy atom. The van der Waals surface area contributed by atoms with Gasteiger partial charge >= 0.3 is 0 Å². The zero-order valence-electron chi connectivity index (χ0n) is 17.1. The van der Waals surface area contributed by atoms with E-state index >= 15 is 0 Å². The van der Waals surface area contributed by atoms with Crippen LogP contribution in [0.5, 0.6) is 0 Å². The summed E-state index contributed by atoms with van der Waals surface area (Å²) in [6.07, 6.45) is 11.6. The quantitative estimate of drug-likeness (QED) is 0.549. The van der Waals surface area contributed by atoms with E-state index in [1.165, 1.54) is 0 Å². The third kappa shape index (κ3) is 2.99. The number of carbonyl (C=O) groups is 1. The molecule has 6 heterocycles. The van der Waals surface area contributed by atoms with Crippen LogP contribution in [-0.2, 0) is 13.1 Å². The van der Waals surface area contributed by atoms with E-state index in [2.05, 4.69) is 43.2 Å². The van der Waals surface area contributed by atoms with Gasteiger partial charge in [-0.2, -0.15) is 0 Å². The predicted octanol–water partition coefficient (Wildman–Crippen LogP) is 2.75. The molecule has 0 radical (unpaired) electrons. The van der Waals surface area contributed by atoms with Gasteiger partial charge in [0.15, 0.2) is 0 Å². The molecule has 0 unspecified atom stereocenters. The van der Waals surface area contributed by atoms with Crippen molar-refractivity contribution in [1.82, 2.24) is 28.8 Å². The zero-order valence-corrected chi connectivity index (χ0v) is 17.1. The fraction of sp³-hybridized carbons (Fsp3) is 0.217. The van der Waals surface area contributed by atoms with Crippen LogP contribution in [0.25, 0.3) is 11.2 Å². The molecule has 0 aromatic carbocycles. The van der Waals surface area contributed by atoms with Gasteiger partial charge in [-0.25, -0.2) is 15.0 Å². The molecule has 0 bridgehead atoms. The van der Waals surface area contributed by atoms with Crippen molar-refractivity contribution in [2.24, 2.45) is 0 Å². The standard InChI is InChI=1S/C23H21N7O/c1-15-12-29-8-9-30(14-21(29)27-15)23(31)17-10-19-18(4-5-25-22(19)26-11-17)16-2-3-20-24-6-7-28(20)13-16/h2-4,6-7,10-13H,5,8-9,14H2,1H3,(H,25,26). The molecule has 8 heteroatoms. The molecule has 1 N–H and O–H groups in total. The fourth-order valence-corrected chi connectivity index (χ4v) is 4.39. The van der Waals surface area contributed by atoms with E-state index in [4.69, 9.17) is 0 Å². The molecule has 154 valence electrons. The first-order chi connectivity index (χ1) is 15.2. The van der Waals surface area contributed by atoms with Crippen molar-refractivity contribution < 1.29 is 4.79 Å². The Hall–Kier alpha value is -3.94. The van der Waals surface area contributed by atoms with Crippen LogP contribution in [0.2, 0.25) is 0 Å². The monoisotopic (exact) mass is 411 g/mol. The third-order valence-electron chi connectivity index (χ3n) is 5.91. The number of pyridine rings is 2. The van der Waals surface area contributed by atoms with E-state index in [0.29, 0.717) is 25.2 Å². The Kier molecular flexibility index (Phi) is 3.92. The Morgan fingerprint density at radius 1 is 1.16 bits per heavy atom. The SMILES string of the molecule is Cc1cn2c(n1)CN(C(=O)c1cnc3c(c1)C(c1ccc4nccn4c1)=CCN3)CC2. The Morgan fingerprint density at radius 2 is 2.10 bits per heavy atom. The second kappa shape index (κ2) is 6.80. The minimum Gasteiger partial charge on any atom is -0.366 e. The molecule has 0 saturated carbocycles. The molecular formula is C23H21N7O. The molecule has 0 saturated heterocycles. The number of aryl methyl sites for hydroxylation is 1. The average Bonchev–Trinajstić information content (AvgIpc) is 3.42. The van der Waals surface area contributed by atoms with Crippen LogP contribution in [0.4, 0.5) is 5.82 Å². The van der Waals surface area contributed by atoms with Crippen LogP contribution >= 0.6 is 0 Å². The van der Waals surface area contributed by atoms with Crippen LogP contribution < -0.4 is 5.32 Å². The van der Waals surface area contributed by atoms with Crippen LogP contribution in [0, 0.1) is 6.92 Å². The molecule has 1 amide bonds. The van der Waals surface area contributed by atoms with E-state index in [1.54, 1.807) is 12.4 Å². The fourth-order valence-electron chi connectivity index (χ4n) is 4.39. The van der Waals surface area contributed by atoms with E-state index in [-0.39, 0.29) is 5.91 Å². The lowest BCUT2D eigenvalue weighted by Crippen LogP contribution is -2.38. The second-order valence-electron chi connectivity index (χ2n) is 7.95. The lowest BCUT2D eigenvalue weighted by atomic mass is 9.96. The molecule has 2 aliphatic rings. The number of imidazole rings is 2. The molecule has 31 heavy (non-hydrogen) atoms. The van der Waals surface area contributed by atoms with Gasteiger partial charge in [0, 0.05) is 56.2 Å². The molecule has 8 nitrogen and oxygen atoms in total. The first kappa shape index (κ1) is 17.9. The number of anilines is 1. The molecule has 4 aromatic rings. The van der Waals surface area contributed by atoms with Gasteiger partial charge in [0.2, 0.25) is 0 Å². The minimum atomic E-state index is -0.0165. The van der Waals surface area contributed by atoms with Gasteiger partial charge in [-0.15, -0.1) is 0 Å². The number of carbonyl (C=O) groups excluding carboxylic acids is 1. The van der Waals surface area contributed by atoms with Gasteiger partial charge in [0.1, 0.15) is 17.3 Å². The lowest BCUT2D eigenvalue weighted by Gasteiger charge is -2.28. The largest absolute Gasteiger partial charge is 0.366 e. The summed E-state index contributed by atoms with van der Waals surface area (Å²) in [5, 5.41) is 3.31. The second-order valence-corrected chi connectivity index (χ2v) is 7.95. The molecular weight excluding hydrogens is 390 g/mol. The summed E-state index contributed by atoms with van der Waals surface area (Å²) in [6, 6.07) is 6.01. The summed E-state index contributed by atoms with van der Waals surface area (Å²) in [5.74, 6) is 1.71. The van der Waals surface area contributed by atoms with Crippen molar-refractivity contribution in [3.63, 3.8) is 0 Å². The van der Waals surface area contributed by atoms with Gasteiger partial charge in [-0.1, -0.05) is 6.08 Å². The van der Waals surface area contributed by atoms with Crippen LogP contribution in [0.3, 0.4) is 0 Å². The highest BCUT2D eigenvalue weighted by Gasteiger charge is 2.25. The van der Waals surface area contributed by atoms with Gasteiger partial charge < -0.3 is 19.2 Å². The molecule has 0 atom stereocenters. The van der Waals surface area contributed by atoms with Crippen molar-refractivity contribution in [3.05, 3.63) is 83.5 Å². The number of nitrogens with zero attached hydrogens (tertiary/aromatic N) is 6. The van der Waals surface area contributed by atoms with Crippen LogP contribution in [-0.4, -0.2) is 47.8 Å². The average molecular weight is 411 g/mol. The third-order valence-corrected chi connectivity index (χ3v) is 5.91. The predicted molar refractivity (Wildman–Crippen MR) is 117 cm³/mol. The first-order valence-corrected chi connectivity index (χ1v) is 10.4. The molecule has 0 fully saturated rings. The Bertz CT molecular complexity index is 1360. The first-order valence-electron chi connectivity index (χ1n) is 10.4. The van der Waals surface area contributed by atoms with Gasteiger partial charge in [-0.3, -0.25) is 4.79 Å². The number of hydrogen-bond acceptors (Lipinski definition) is 5. The van der Waals surface area contributed by atoms with Crippen molar-refractivity contribution in [3.8, 4) is 0 Å². The number of nitrogens with one attached hydrogen (secondary N) is 1. The summed E-state index contributed by atoms with van der Waals surface area (Å²) in [7, 11) is 0. The molecule has 2 aliphatic heterocycles. The summed E-state index contributed by atoms with van der Waals surface area (Å²) in [6.45, 7) is 4.61. The lowest BCUT2D eigenvalue weighted by molar-refractivity contribution is 0.0707. The maximum atomic E-state index is 13.3. The number of rotatable bonds is 2. The van der Waals surface area contributed by atoms with Crippen molar-refractivity contribution >= 4 is 22.9 Å². The summed E-state index contributed by atoms with van der Waals surface area (Å²) >= 11 is 0. The highest BCUT2D eigenvalue weighted by atomic mass is 16.2. The summed E-state index contributed by atoms with van der Waals surface area (Å²) in [4.78, 5) is 28.6. The van der Waals surface area contributed by atoms with Crippen molar-refractivity contribution in [1.29, 1.82) is 0 Å². The van der Waals surface area contributed by atoms with Crippen molar-refractivity contribution in [2.45, 2.75) is 20.0 Å². The number of amides is 1.